The van der Waals surface area contributed by atoms with E-state index >= 15 is 0 Å². The van der Waals surface area contributed by atoms with Gasteiger partial charge in [0.25, 0.3) is 0 Å². The van der Waals surface area contributed by atoms with Gasteiger partial charge in [0.1, 0.15) is 0 Å². The lowest BCUT2D eigenvalue weighted by atomic mass is 9.79. The Morgan fingerprint density at radius 3 is 2.88 bits per heavy atom. The van der Waals surface area contributed by atoms with Crippen molar-refractivity contribution in [1.29, 1.82) is 0 Å². The molecule has 1 amide bonds. The molecule has 1 aliphatic carbocycles. The molecule has 3 fully saturated rings. The molecule has 5 rings (SSSR count). The highest BCUT2D eigenvalue weighted by Crippen LogP contribution is 2.41. The second kappa shape index (κ2) is 6.45. The van der Waals surface area contributed by atoms with E-state index in [0.717, 1.165) is 36.1 Å². The molecule has 5 nitrogen and oxygen atoms in total. The molecule has 2 saturated heterocycles. The smallest absolute Gasteiger partial charge is 0.231 e. The highest BCUT2D eigenvalue weighted by Gasteiger charge is 2.43. The lowest BCUT2D eigenvalue weighted by Gasteiger charge is -2.40. The summed E-state index contributed by atoms with van der Waals surface area (Å²) in [6, 6.07) is 5.84. The molecule has 26 heavy (non-hydrogen) atoms. The Labute approximate surface area is 155 Å². The maximum atomic E-state index is 12.9. The first-order chi connectivity index (χ1) is 12.7. The standard InChI is InChI=1S/C21H28N2O3/c24-20(11-17-4-5-18-19(10-17)26-15-25-18)23-9-7-21(14-23)6-1-8-22(13-21)12-16-2-3-16/h4-5,10,16H,1-3,6-9,11-15H2. The largest absolute Gasteiger partial charge is 0.454 e. The number of hydrogen-bond acceptors (Lipinski definition) is 4. The zero-order chi connectivity index (χ0) is 17.6. The predicted molar refractivity (Wildman–Crippen MR) is 98.3 cm³/mol. The van der Waals surface area contributed by atoms with E-state index in [1.165, 1.54) is 51.7 Å². The van der Waals surface area contributed by atoms with Crippen molar-refractivity contribution in [3.05, 3.63) is 23.8 Å². The predicted octanol–water partition coefficient (Wildman–Crippen LogP) is 2.68. The summed E-state index contributed by atoms with van der Waals surface area (Å²) in [7, 11) is 0. The van der Waals surface area contributed by atoms with Crippen molar-refractivity contribution in [2.75, 3.05) is 39.5 Å². The third-order valence-electron chi connectivity index (χ3n) is 6.54. The summed E-state index contributed by atoms with van der Waals surface area (Å²) in [5.41, 5.74) is 1.36. The number of benzene rings is 1. The molecular formula is C21H28N2O3. The van der Waals surface area contributed by atoms with Crippen molar-refractivity contribution in [3.63, 3.8) is 0 Å². The molecule has 5 heteroatoms. The molecule has 0 N–H and O–H groups in total. The average Bonchev–Trinajstić information content (AvgIpc) is 3.16. The summed E-state index contributed by atoms with van der Waals surface area (Å²) in [5.74, 6) is 2.74. The van der Waals surface area contributed by atoms with Crippen molar-refractivity contribution in [2.24, 2.45) is 11.3 Å². The average molecular weight is 356 g/mol. The van der Waals surface area contributed by atoms with Crippen molar-refractivity contribution in [3.8, 4) is 11.5 Å². The van der Waals surface area contributed by atoms with Crippen LogP contribution in [-0.4, -0.2) is 55.2 Å². The van der Waals surface area contributed by atoms with Gasteiger partial charge in [-0.2, -0.15) is 0 Å². The van der Waals surface area contributed by atoms with Gasteiger partial charge in [0.05, 0.1) is 6.42 Å². The molecule has 3 heterocycles. The minimum atomic E-state index is 0.250. The van der Waals surface area contributed by atoms with E-state index < -0.39 is 0 Å². The summed E-state index contributed by atoms with van der Waals surface area (Å²) in [4.78, 5) is 17.6. The molecule has 4 aliphatic rings. The van der Waals surface area contributed by atoms with E-state index in [2.05, 4.69) is 9.80 Å². The third kappa shape index (κ3) is 3.29. The first-order valence-electron chi connectivity index (χ1n) is 10.1. The van der Waals surface area contributed by atoms with Crippen LogP contribution >= 0.6 is 0 Å². The van der Waals surface area contributed by atoms with Crippen LogP contribution in [0.1, 0.15) is 37.7 Å². The van der Waals surface area contributed by atoms with E-state index in [4.69, 9.17) is 9.47 Å². The van der Waals surface area contributed by atoms with Crippen LogP contribution in [0, 0.1) is 11.3 Å². The summed E-state index contributed by atoms with van der Waals surface area (Å²) in [5, 5.41) is 0. The van der Waals surface area contributed by atoms with Crippen LogP contribution in [0.5, 0.6) is 11.5 Å². The van der Waals surface area contributed by atoms with Crippen LogP contribution in [0.15, 0.2) is 18.2 Å². The molecule has 1 aromatic rings. The molecule has 0 radical (unpaired) electrons. The molecule has 140 valence electrons. The van der Waals surface area contributed by atoms with Crippen LogP contribution in [0.4, 0.5) is 0 Å². The van der Waals surface area contributed by atoms with Gasteiger partial charge in [0.2, 0.25) is 12.7 Å². The third-order valence-corrected chi connectivity index (χ3v) is 6.54. The highest BCUT2D eigenvalue weighted by molar-refractivity contribution is 5.79. The van der Waals surface area contributed by atoms with Gasteiger partial charge in [-0.1, -0.05) is 6.07 Å². The minimum absolute atomic E-state index is 0.250. The summed E-state index contributed by atoms with van der Waals surface area (Å²) in [6.07, 6.45) is 7.03. The summed E-state index contributed by atoms with van der Waals surface area (Å²) < 4.78 is 10.8. The molecule has 3 aliphatic heterocycles. The van der Waals surface area contributed by atoms with Crippen molar-refractivity contribution >= 4 is 5.91 Å². The summed E-state index contributed by atoms with van der Waals surface area (Å²) >= 11 is 0. The van der Waals surface area contributed by atoms with E-state index in [1.54, 1.807) is 0 Å². The van der Waals surface area contributed by atoms with Gasteiger partial charge in [-0.05, 0) is 62.3 Å². The topological polar surface area (TPSA) is 42.0 Å². The zero-order valence-electron chi connectivity index (χ0n) is 15.4. The van der Waals surface area contributed by atoms with Gasteiger partial charge in [-0.15, -0.1) is 0 Å². The van der Waals surface area contributed by atoms with E-state index in [-0.39, 0.29) is 12.7 Å². The Hall–Kier alpha value is -1.75. The highest BCUT2D eigenvalue weighted by atomic mass is 16.7. The number of amides is 1. The normalized spacial score (nSPS) is 28.1. The maximum Gasteiger partial charge on any atom is 0.231 e. The zero-order valence-corrected chi connectivity index (χ0v) is 15.4. The molecule has 1 saturated carbocycles. The molecule has 1 atom stereocenters. The molecule has 1 spiro atoms. The van der Waals surface area contributed by atoms with Gasteiger partial charge in [-0.25, -0.2) is 0 Å². The number of piperidine rings is 1. The van der Waals surface area contributed by atoms with Gasteiger partial charge in [0.15, 0.2) is 11.5 Å². The van der Waals surface area contributed by atoms with E-state index in [1.807, 2.05) is 18.2 Å². The van der Waals surface area contributed by atoms with E-state index in [9.17, 15) is 4.79 Å². The SMILES string of the molecule is O=C(Cc1ccc2c(c1)OCO2)N1CCC2(CCCN(CC3CC3)C2)C1. The van der Waals surface area contributed by atoms with Gasteiger partial charge >= 0.3 is 0 Å². The van der Waals surface area contributed by atoms with Crippen LogP contribution < -0.4 is 9.47 Å². The molecule has 1 unspecified atom stereocenters. The van der Waals surface area contributed by atoms with Crippen molar-refractivity contribution < 1.29 is 14.3 Å². The van der Waals surface area contributed by atoms with Crippen molar-refractivity contribution in [1.82, 2.24) is 9.80 Å². The number of carbonyl (C=O) groups is 1. The Kier molecular flexibility index (Phi) is 4.07. The van der Waals surface area contributed by atoms with Gasteiger partial charge < -0.3 is 19.3 Å². The molecule has 0 bridgehead atoms. The number of ether oxygens (including phenoxy) is 2. The number of hydrogen-bond donors (Lipinski definition) is 0. The first-order valence-corrected chi connectivity index (χ1v) is 10.1. The maximum absolute atomic E-state index is 12.9. The minimum Gasteiger partial charge on any atom is -0.454 e. The molecular weight excluding hydrogens is 328 g/mol. The monoisotopic (exact) mass is 356 g/mol. The van der Waals surface area contributed by atoms with Crippen LogP contribution in [0.2, 0.25) is 0 Å². The Morgan fingerprint density at radius 2 is 2.00 bits per heavy atom. The number of nitrogens with zero attached hydrogens (tertiary/aromatic N) is 2. The Bertz CT molecular complexity index is 702. The molecule has 0 aromatic heterocycles. The van der Waals surface area contributed by atoms with Gasteiger partial charge in [-0.3, -0.25) is 4.79 Å². The number of likely N-dealkylation sites (tertiary alicyclic amines) is 2. The fraction of sp³-hybridized carbons (Fsp3) is 0.667. The Balaban J connectivity index is 1.20. The second-order valence-corrected chi connectivity index (χ2v) is 8.71. The number of rotatable bonds is 4. The second-order valence-electron chi connectivity index (χ2n) is 8.71. The quantitative estimate of drug-likeness (QED) is 0.832. The van der Waals surface area contributed by atoms with Crippen molar-refractivity contribution in [2.45, 2.75) is 38.5 Å². The van der Waals surface area contributed by atoms with Crippen LogP contribution in [-0.2, 0) is 11.2 Å². The first kappa shape index (κ1) is 16.4. The van der Waals surface area contributed by atoms with E-state index in [0.29, 0.717) is 11.8 Å². The van der Waals surface area contributed by atoms with Gasteiger partial charge in [0, 0.05) is 31.6 Å². The molecule has 1 aromatic carbocycles. The number of carbonyl (C=O) groups excluding carboxylic acids is 1. The fourth-order valence-electron chi connectivity index (χ4n) is 4.95. The fourth-order valence-corrected chi connectivity index (χ4v) is 4.95. The lowest BCUT2D eigenvalue weighted by molar-refractivity contribution is -0.130. The van der Waals surface area contributed by atoms with Crippen LogP contribution in [0.3, 0.4) is 0 Å². The lowest BCUT2D eigenvalue weighted by Crippen LogP contribution is -2.46. The summed E-state index contributed by atoms with van der Waals surface area (Å²) in [6.45, 7) is 5.87. The Morgan fingerprint density at radius 1 is 1.12 bits per heavy atom. The number of fused-ring (bicyclic) bond motifs is 1. The van der Waals surface area contributed by atoms with Crippen LogP contribution in [0.25, 0.3) is 0 Å².